The number of guanidine groups is 1. The van der Waals surface area contributed by atoms with Crippen molar-refractivity contribution in [1.82, 2.24) is 4.72 Å². The van der Waals surface area contributed by atoms with Crippen LogP contribution in [-0.2, 0) is 16.6 Å². The molecule has 4 N–H and O–H groups in total. The Morgan fingerprint density at radius 1 is 1.12 bits per heavy atom. The molecule has 0 saturated carbocycles. The predicted molar refractivity (Wildman–Crippen MR) is 98.4 cm³/mol. The van der Waals surface area contributed by atoms with Crippen LogP contribution in [0.3, 0.4) is 0 Å². The molecule has 0 unspecified atom stereocenters. The molecule has 2 aromatic rings. The molecule has 7 heteroatoms. The van der Waals surface area contributed by atoms with Gasteiger partial charge in [-0.05, 0) is 30.2 Å². The standard InChI is InChI=1S/C17H22N4O2S/c1-14-6-5-9-16(12-14)21-17(18)19-10-11-24(22,23)20-13-15-7-3-2-4-8-15/h2-9,12,20H,10-11,13H2,1H3,(H3,18,19,21). The summed E-state index contributed by atoms with van der Waals surface area (Å²) in [6, 6.07) is 17.0. The quantitative estimate of drug-likeness (QED) is 0.526. The van der Waals surface area contributed by atoms with Gasteiger partial charge in [0.05, 0.1) is 12.3 Å². The lowest BCUT2D eigenvalue weighted by atomic mass is 10.2. The molecule has 2 aromatic carbocycles. The topological polar surface area (TPSA) is 96.6 Å². The first-order chi connectivity index (χ1) is 11.4. The lowest BCUT2D eigenvalue weighted by Gasteiger charge is -2.07. The molecule has 0 radical (unpaired) electrons. The van der Waals surface area contributed by atoms with E-state index in [1.165, 1.54) is 0 Å². The third-order valence-corrected chi connectivity index (χ3v) is 4.58. The molecular formula is C17H22N4O2S. The van der Waals surface area contributed by atoms with Crippen LogP contribution in [0.2, 0.25) is 0 Å². The largest absolute Gasteiger partial charge is 0.370 e. The van der Waals surface area contributed by atoms with Crippen LogP contribution in [0.15, 0.2) is 59.6 Å². The van der Waals surface area contributed by atoms with E-state index >= 15 is 0 Å². The van der Waals surface area contributed by atoms with Crippen LogP contribution in [0, 0.1) is 6.92 Å². The molecule has 6 nitrogen and oxygen atoms in total. The second kappa shape index (κ2) is 8.47. The van der Waals surface area contributed by atoms with Gasteiger partial charge in [0.25, 0.3) is 0 Å². The molecule has 24 heavy (non-hydrogen) atoms. The van der Waals surface area contributed by atoms with E-state index in [9.17, 15) is 8.42 Å². The Morgan fingerprint density at radius 3 is 2.58 bits per heavy atom. The summed E-state index contributed by atoms with van der Waals surface area (Å²) in [7, 11) is -3.40. The van der Waals surface area contributed by atoms with Gasteiger partial charge in [-0.1, -0.05) is 42.5 Å². The normalized spacial score (nSPS) is 12.1. The van der Waals surface area contributed by atoms with Crippen molar-refractivity contribution in [2.75, 3.05) is 17.6 Å². The van der Waals surface area contributed by atoms with Gasteiger partial charge in [-0.3, -0.25) is 4.99 Å². The molecule has 0 amide bonds. The van der Waals surface area contributed by atoms with E-state index < -0.39 is 10.0 Å². The molecule has 0 spiro atoms. The van der Waals surface area contributed by atoms with Gasteiger partial charge in [-0.15, -0.1) is 0 Å². The molecule has 2 rings (SSSR count). The number of aryl methyl sites for hydroxylation is 1. The highest BCUT2D eigenvalue weighted by atomic mass is 32.2. The Kier molecular flexibility index (Phi) is 6.34. The number of nitrogens with one attached hydrogen (secondary N) is 2. The van der Waals surface area contributed by atoms with Crippen LogP contribution in [0.1, 0.15) is 11.1 Å². The maximum atomic E-state index is 11.9. The Balaban J connectivity index is 1.80. The maximum absolute atomic E-state index is 11.9. The summed E-state index contributed by atoms with van der Waals surface area (Å²) >= 11 is 0. The van der Waals surface area contributed by atoms with Gasteiger partial charge in [-0.25, -0.2) is 13.1 Å². The predicted octanol–water partition coefficient (Wildman–Crippen LogP) is 1.84. The molecule has 0 aliphatic heterocycles. The van der Waals surface area contributed by atoms with Crippen LogP contribution in [-0.4, -0.2) is 26.7 Å². The van der Waals surface area contributed by atoms with E-state index in [4.69, 9.17) is 5.73 Å². The fourth-order valence-corrected chi connectivity index (χ4v) is 2.92. The number of aliphatic imine (C=N–C) groups is 1. The molecule has 0 saturated heterocycles. The molecule has 0 heterocycles. The van der Waals surface area contributed by atoms with Gasteiger partial charge in [0.15, 0.2) is 5.96 Å². The van der Waals surface area contributed by atoms with Crippen LogP contribution >= 0.6 is 0 Å². The molecule has 0 atom stereocenters. The number of sulfonamides is 1. The van der Waals surface area contributed by atoms with Crippen molar-refractivity contribution < 1.29 is 8.42 Å². The monoisotopic (exact) mass is 346 g/mol. The first-order valence-corrected chi connectivity index (χ1v) is 9.25. The summed E-state index contributed by atoms with van der Waals surface area (Å²) in [5.74, 6) is 0.0783. The fourth-order valence-electron chi connectivity index (χ4n) is 2.06. The minimum absolute atomic E-state index is 0.0920. The van der Waals surface area contributed by atoms with Crippen LogP contribution in [0.25, 0.3) is 0 Å². The number of hydrogen-bond donors (Lipinski definition) is 3. The van der Waals surface area contributed by atoms with Crippen molar-refractivity contribution in [2.45, 2.75) is 13.5 Å². The van der Waals surface area contributed by atoms with Crippen molar-refractivity contribution in [1.29, 1.82) is 0 Å². The zero-order chi connectivity index (χ0) is 17.4. The SMILES string of the molecule is Cc1cccc(NC(N)=NCCS(=O)(=O)NCc2ccccc2)c1. The van der Waals surface area contributed by atoms with E-state index in [1.807, 2.05) is 61.5 Å². The van der Waals surface area contributed by atoms with E-state index in [0.29, 0.717) is 0 Å². The average Bonchev–Trinajstić information content (AvgIpc) is 2.54. The number of benzene rings is 2. The Hall–Kier alpha value is -2.38. The zero-order valence-corrected chi connectivity index (χ0v) is 14.4. The minimum atomic E-state index is -3.40. The van der Waals surface area contributed by atoms with Crippen molar-refractivity contribution in [3.8, 4) is 0 Å². The molecule has 0 aromatic heterocycles. The van der Waals surface area contributed by atoms with Crippen LogP contribution in [0.5, 0.6) is 0 Å². The van der Waals surface area contributed by atoms with Crippen LogP contribution < -0.4 is 15.8 Å². The average molecular weight is 346 g/mol. The van der Waals surface area contributed by atoms with Gasteiger partial charge in [0.1, 0.15) is 0 Å². The minimum Gasteiger partial charge on any atom is -0.370 e. The highest BCUT2D eigenvalue weighted by molar-refractivity contribution is 7.89. The van der Waals surface area contributed by atoms with Gasteiger partial charge in [-0.2, -0.15) is 0 Å². The Bertz CT molecular complexity index is 789. The van der Waals surface area contributed by atoms with Crippen molar-refractivity contribution in [2.24, 2.45) is 10.7 Å². The molecule has 0 bridgehead atoms. The lowest BCUT2D eigenvalue weighted by Crippen LogP contribution is -2.28. The summed E-state index contributed by atoms with van der Waals surface area (Å²) in [6.07, 6.45) is 0. The molecule has 0 aliphatic rings. The molecule has 128 valence electrons. The Morgan fingerprint density at radius 2 is 1.88 bits per heavy atom. The second-order valence-corrected chi connectivity index (χ2v) is 7.31. The maximum Gasteiger partial charge on any atom is 0.213 e. The zero-order valence-electron chi connectivity index (χ0n) is 13.6. The summed E-state index contributed by atoms with van der Waals surface area (Å²) in [4.78, 5) is 4.05. The number of nitrogens with zero attached hydrogens (tertiary/aromatic N) is 1. The smallest absolute Gasteiger partial charge is 0.213 e. The Labute approximate surface area is 142 Å². The third-order valence-electron chi connectivity index (χ3n) is 3.27. The van der Waals surface area contributed by atoms with Gasteiger partial charge in [0.2, 0.25) is 10.0 Å². The van der Waals surface area contributed by atoms with E-state index in [0.717, 1.165) is 16.8 Å². The molecule has 0 aliphatic carbocycles. The van der Waals surface area contributed by atoms with Crippen molar-refractivity contribution in [3.05, 3.63) is 65.7 Å². The fraction of sp³-hybridized carbons (Fsp3) is 0.235. The number of nitrogens with two attached hydrogens (primary N) is 1. The highest BCUT2D eigenvalue weighted by Gasteiger charge is 2.09. The molecule has 0 fully saturated rings. The van der Waals surface area contributed by atoms with Gasteiger partial charge in [0, 0.05) is 12.2 Å². The van der Waals surface area contributed by atoms with Gasteiger partial charge >= 0.3 is 0 Å². The number of hydrogen-bond acceptors (Lipinski definition) is 3. The third kappa shape index (κ3) is 6.39. The first kappa shape index (κ1) is 18.0. The summed E-state index contributed by atoms with van der Waals surface area (Å²) in [6.45, 7) is 2.34. The number of anilines is 1. The molecular weight excluding hydrogens is 324 g/mol. The summed E-state index contributed by atoms with van der Waals surface area (Å²) in [5, 5.41) is 2.94. The highest BCUT2D eigenvalue weighted by Crippen LogP contribution is 2.08. The summed E-state index contributed by atoms with van der Waals surface area (Å²) < 4.78 is 26.4. The summed E-state index contributed by atoms with van der Waals surface area (Å²) in [5.41, 5.74) is 8.60. The first-order valence-electron chi connectivity index (χ1n) is 7.59. The van der Waals surface area contributed by atoms with Crippen molar-refractivity contribution in [3.63, 3.8) is 0 Å². The second-order valence-electron chi connectivity index (χ2n) is 5.39. The van der Waals surface area contributed by atoms with E-state index in [2.05, 4.69) is 15.0 Å². The lowest BCUT2D eigenvalue weighted by molar-refractivity contribution is 0.581. The van der Waals surface area contributed by atoms with E-state index in [-0.39, 0.29) is 24.8 Å². The van der Waals surface area contributed by atoms with Crippen LogP contribution in [0.4, 0.5) is 5.69 Å². The van der Waals surface area contributed by atoms with Gasteiger partial charge < -0.3 is 11.1 Å². The van der Waals surface area contributed by atoms with Crippen molar-refractivity contribution >= 4 is 21.7 Å². The number of rotatable bonds is 7. The van der Waals surface area contributed by atoms with E-state index in [1.54, 1.807) is 0 Å².